The normalized spacial score (nSPS) is 11.5. The summed E-state index contributed by atoms with van der Waals surface area (Å²) < 4.78 is 10.3. The van der Waals surface area contributed by atoms with Crippen LogP contribution in [0.1, 0.15) is 21.7 Å². The van der Waals surface area contributed by atoms with Gasteiger partial charge in [-0.05, 0) is 24.3 Å². The van der Waals surface area contributed by atoms with Gasteiger partial charge in [0.25, 0.3) is 0 Å². The van der Waals surface area contributed by atoms with Gasteiger partial charge in [0.15, 0.2) is 0 Å². The van der Waals surface area contributed by atoms with E-state index in [1.54, 1.807) is 17.4 Å². The van der Waals surface area contributed by atoms with Crippen LogP contribution in [0.2, 0.25) is 0 Å². The Morgan fingerprint density at radius 1 is 1.22 bits per heavy atom. The van der Waals surface area contributed by atoms with Crippen LogP contribution in [-0.4, -0.2) is 25.3 Å². The molecule has 0 aliphatic carbocycles. The van der Waals surface area contributed by atoms with Gasteiger partial charge in [0.05, 0.1) is 18.9 Å². The number of nitrogens with zero attached hydrogens (tertiary/aromatic N) is 2. The maximum Gasteiger partial charge on any atom is 0.337 e. The van der Waals surface area contributed by atoms with Crippen LogP contribution in [0.4, 0.5) is 0 Å². The van der Waals surface area contributed by atoms with Crippen molar-refractivity contribution < 1.29 is 43.2 Å². The highest BCUT2D eigenvalue weighted by Crippen LogP contribution is 2.17. The molecule has 0 unspecified atom stereocenters. The highest BCUT2D eigenvalue weighted by atomic mass is 127. The van der Waals surface area contributed by atoms with Crippen LogP contribution in [0.15, 0.2) is 69.2 Å². The zero-order valence-corrected chi connectivity index (χ0v) is 16.8. The molecule has 2 aromatic carbocycles. The lowest BCUT2D eigenvalue weighted by molar-refractivity contribution is -0.559. The lowest BCUT2D eigenvalue weighted by Gasteiger charge is -2.01. The zero-order valence-electron chi connectivity index (χ0n) is 14.6. The molecule has 0 bridgehead atoms. The number of para-hydroxylation sites is 1. The highest BCUT2D eigenvalue weighted by Gasteiger charge is 2.05. The largest absolute Gasteiger partial charge is 1.00 e. The van der Waals surface area contributed by atoms with Crippen LogP contribution in [0, 0.1) is 0 Å². The summed E-state index contributed by atoms with van der Waals surface area (Å²) in [6.07, 6.45) is 1.52. The molecule has 7 nitrogen and oxygen atoms in total. The van der Waals surface area contributed by atoms with Gasteiger partial charge in [-0.15, -0.1) is 5.10 Å². The van der Waals surface area contributed by atoms with Crippen molar-refractivity contribution in [1.29, 1.82) is 0 Å². The third-order valence-corrected chi connectivity index (χ3v) is 3.72. The Hall–Kier alpha value is -2.72. The van der Waals surface area contributed by atoms with Gasteiger partial charge < -0.3 is 38.9 Å². The standard InChI is InChI=1S/C19H18N4O3.HI/c1-25-18(24)14-8-6-13(7-9-14)11-21-19(20)23-22-12-16-10-15-4-2-3-5-17(15)26-16;/h2-10,12H,11H2,1H3,(H3,20,21,23);1H/b22-12+;. The summed E-state index contributed by atoms with van der Waals surface area (Å²) in [5.41, 5.74) is 8.14. The molecule has 3 aromatic rings. The molecule has 0 radical (unpaired) electrons. The topological polar surface area (TPSA) is 107 Å². The molecular weight excluding hydrogens is 459 g/mol. The minimum absolute atomic E-state index is 0. The maximum absolute atomic E-state index is 11.4. The van der Waals surface area contributed by atoms with E-state index < -0.39 is 0 Å². The summed E-state index contributed by atoms with van der Waals surface area (Å²) in [5.74, 6) is 0.553. The number of hydrogen-bond acceptors (Lipinski definition) is 5. The predicted molar refractivity (Wildman–Crippen MR) is 98.8 cm³/mol. The van der Waals surface area contributed by atoms with Crippen LogP contribution in [0.25, 0.3) is 11.0 Å². The van der Waals surface area contributed by atoms with Gasteiger partial charge in [0, 0.05) is 10.9 Å². The number of guanidine groups is 1. The minimum atomic E-state index is -0.360. The second-order valence-electron chi connectivity index (χ2n) is 5.55. The van der Waals surface area contributed by atoms with Gasteiger partial charge in [0.2, 0.25) is 0 Å². The van der Waals surface area contributed by atoms with Crippen LogP contribution in [-0.2, 0) is 11.3 Å². The van der Waals surface area contributed by atoms with Gasteiger partial charge in [-0.3, -0.25) is 5.32 Å². The molecule has 3 rings (SSSR count). The third kappa shape index (κ3) is 5.63. The number of esters is 1. The maximum atomic E-state index is 11.4. The molecule has 1 aromatic heterocycles. The molecule has 0 aliphatic heterocycles. The molecule has 1 heterocycles. The number of ether oxygens (including phenoxy) is 1. The Bertz CT molecular complexity index is 932. The number of rotatable bonds is 5. The van der Waals surface area contributed by atoms with Gasteiger partial charge >= 0.3 is 11.9 Å². The van der Waals surface area contributed by atoms with Crippen molar-refractivity contribution in [2.24, 2.45) is 15.9 Å². The van der Waals surface area contributed by atoms with Crippen molar-refractivity contribution in [3.8, 4) is 0 Å². The Balaban J connectivity index is 0.00000261. The number of carbonyl (C=O) groups excluding carboxylic acids is 1. The Kier molecular flexibility index (Phi) is 7.50. The van der Waals surface area contributed by atoms with Crippen molar-refractivity contribution in [3.05, 3.63) is 71.5 Å². The fourth-order valence-electron chi connectivity index (χ4n) is 2.38. The molecule has 0 fully saturated rings. The van der Waals surface area contributed by atoms with Crippen LogP contribution in [0.3, 0.4) is 0 Å². The van der Waals surface area contributed by atoms with E-state index in [9.17, 15) is 4.79 Å². The summed E-state index contributed by atoms with van der Waals surface area (Å²) in [7, 11) is 1.35. The first kappa shape index (κ1) is 20.6. The van der Waals surface area contributed by atoms with Crippen LogP contribution in [0.5, 0.6) is 0 Å². The zero-order chi connectivity index (χ0) is 18.4. The van der Waals surface area contributed by atoms with E-state index in [2.05, 4.69) is 14.9 Å². The van der Waals surface area contributed by atoms with Crippen molar-refractivity contribution in [2.45, 2.75) is 6.54 Å². The minimum Gasteiger partial charge on any atom is -1.00 e. The predicted octanol–water partition coefficient (Wildman–Crippen LogP) is -1.36. The number of benzene rings is 2. The molecule has 0 amide bonds. The highest BCUT2D eigenvalue weighted by molar-refractivity contribution is 5.89. The molecule has 140 valence electrons. The number of furan rings is 1. The lowest BCUT2D eigenvalue weighted by Crippen LogP contribution is -3.00. The fraction of sp³-hybridized carbons (Fsp3) is 0.105. The van der Waals surface area contributed by atoms with Crippen LogP contribution >= 0.6 is 0 Å². The average Bonchev–Trinajstić information content (AvgIpc) is 3.09. The van der Waals surface area contributed by atoms with Gasteiger partial charge in [-0.2, -0.15) is 0 Å². The van der Waals surface area contributed by atoms with Gasteiger partial charge in [0.1, 0.15) is 17.9 Å². The molecule has 0 atom stereocenters. The van der Waals surface area contributed by atoms with Crippen molar-refractivity contribution in [1.82, 2.24) is 0 Å². The second-order valence-corrected chi connectivity index (χ2v) is 5.55. The first-order valence-electron chi connectivity index (χ1n) is 8.01. The molecule has 27 heavy (non-hydrogen) atoms. The first-order valence-corrected chi connectivity index (χ1v) is 8.01. The number of quaternary nitrogens is 1. The quantitative estimate of drug-likeness (QED) is 0.155. The third-order valence-electron chi connectivity index (χ3n) is 3.72. The monoisotopic (exact) mass is 478 g/mol. The molecular formula is C19H19IN4O3. The second kappa shape index (κ2) is 9.83. The Morgan fingerprint density at radius 2 is 1.96 bits per heavy atom. The molecule has 8 heteroatoms. The number of hydrogen-bond donors (Lipinski definition) is 2. The Morgan fingerprint density at radius 3 is 2.67 bits per heavy atom. The molecule has 0 spiro atoms. The van der Waals surface area contributed by atoms with E-state index in [1.807, 2.05) is 42.5 Å². The number of carbonyl (C=O) groups is 1. The van der Waals surface area contributed by atoms with Gasteiger partial charge in [-0.1, -0.05) is 35.4 Å². The van der Waals surface area contributed by atoms with E-state index in [0.29, 0.717) is 23.8 Å². The number of nitrogens with two attached hydrogens (primary N) is 2. The van der Waals surface area contributed by atoms with E-state index >= 15 is 0 Å². The summed E-state index contributed by atoms with van der Waals surface area (Å²) >= 11 is 0. The van der Waals surface area contributed by atoms with Crippen molar-refractivity contribution >= 4 is 29.1 Å². The van der Waals surface area contributed by atoms with E-state index in [4.69, 9.17) is 10.2 Å². The van der Waals surface area contributed by atoms with Crippen molar-refractivity contribution in [2.75, 3.05) is 7.11 Å². The van der Waals surface area contributed by atoms with E-state index in [-0.39, 0.29) is 29.9 Å². The summed E-state index contributed by atoms with van der Waals surface area (Å²) in [6, 6.07) is 16.7. The number of fused-ring (bicyclic) bond motifs is 1. The van der Waals surface area contributed by atoms with Gasteiger partial charge in [-0.25, -0.2) is 4.79 Å². The number of methoxy groups -OCH3 is 1. The molecule has 0 aliphatic rings. The van der Waals surface area contributed by atoms with E-state index in [0.717, 1.165) is 16.5 Å². The van der Waals surface area contributed by atoms with Crippen molar-refractivity contribution in [3.63, 3.8) is 0 Å². The fourth-order valence-corrected chi connectivity index (χ4v) is 2.38. The average molecular weight is 478 g/mol. The van der Waals surface area contributed by atoms with Crippen LogP contribution < -0.4 is 35.0 Å². The molecule has 4 N–H and O–H groups in total. The Labute approximate surface area is 173 Å². The summed E-state index contributed by atoms with van der Waals surface area (Å²) in [6.45, 7) is 0.580. The summed E-state index contributed by atoms with van der Waals surface area (Å²) in [5, 5.41) is 10.6. The first-order chi connectivity index (χ1) is 12.7. The lowest BCUT2D eigenvalue weighted by atomic mass is 10.1. The number of halogens is 1. The smallest absolute Gasteiger partial charge is 0.337 e. The molecule has 0 saturated carbocycles. The van der Waals surface area contributed by atoms with E-state index in [1.165, 1.54) is 13.3 Å². The molecule has 0 saturated heterocycles. The SMILES string of the molecule is COC(=O)c1ccc(C[NH2+]/C(N)=N/N=C/c2cc3ccccc3o2)cc1.[I-]. The summed E-state index contributed by atoms with van der Waals surface area (Å²) in [4.78, 5) is 11.4.